The number of aliphatic imine (C=N–C) groups is 1. The Labute approximate surface area is 122 Å². The Balaban J connectivity index is 2.75. The van der Waals surface area contributed by atoms with Gasteiger partial charge in [-0.1, -0.05) is 31.5 Å². The van der Waals surface area contributed by atoms with Gasteiger partial charge < -0.3 is 15.0 Å². The summed E-state index contributed by atoms with van der Waals surface area (Å²) in [7, 11) is 3.78. The maximum Gasteiger partial charge on any atom is 0.193 e. The minimum absolute atomic E-state index is 0.628. The van der Waals surface area contributed by atoms with Gasteiger partial charge in [0.1, 0.15) is 5.75 Å². The summed E-state index contributed by atoms with van der Waals surface area (Å²) in [5.41, 5.74) is 1.11. The van der Waals surface area contributed by atoms with E-state index in [2.05, 4.69) is 37.2 Å². The highest BCUT2D eigenvalue weighted by Gasteiger charge is 2.06. The van der Waals surface area contributed by atoms with Gasteiger partial charge in [-0.3, -0.25) is 0 Å². The van der Waals surface area contributed by atoms with Crippen molar-refractivity contribution in [2.75, 3.05) is 27.2 Å². The number of hydrogen-bond acceptors (Lipinski definition) is 2. The van der Waals surface area contributed by atoms with Gasteiger partial charge in [-0.15, -0.1) is 0 Å². The number of rotatable bonds is 7. The third-order valence-corrected chi connectivity index (χ3v) is 3.14. The molecule has 0 atom stereocenters. The van der Waals surface area contributed by atoms with E-state index in [0.717, 1.165) is 30.4 Å². The Morgan fingerprint density at radius 2 is 2.05 bits per heavy atom. The summed E-state index contributed by atoms with van der Waals surface area (Å²) in [6.45, 7) is 6.82. The molecule has 1 N–H and O–H groups in total. The number of nitrogens with one attached hydrogen (secondary N) is 1. The molecule has 0 aliphatic rings. The van der Waals surface area contributed by atoms with Crippen LogP contribution in [0.1, 0.15) is 32.3 Å². The third kappa shape index (κ3) is 5.11. The van der Waals surface area contributed by atoms with Crippen LogP contribution >= 0.6 is 0 Å². The van der Waals surface area contributed by atoms with Crippen LogP contribution in [-0.4, -0.2) is 38.1 Å². The van der Waals surface area contributed by atoms with Gasteiger partial charge >= 0.3 is 0 Å². The molecule has 20 heavy (non-hydrogen) atoms. The van der Waals surface area contributed by atoms with Crippen molar-refractivity contribution in [1.82, 2.24) is 10.2 Å². The van der Waals surface area contributed by atoms with E-state index in [9.17, 15) is 0 Å². The fourth-order valence-electron chi connectivity index (χ4n) is 1.96. The molecular weight excluding hydrogens is 250 g/mol. The van der Waals surface area contributed by atoms with Crippen molar-refractivity contribution < 1.29 is 4.74 Å². The molecule has 0 amide bonds. The molecule has 0 heterocycles. The SMILES string of the molecule is CCCCN(C)C(=NCc1ccccc1OC)NCC. The molecule has 0 spiro atoms. The second-order valence-corrected chi connectivity index (χ2v) is 4.76. The first-order chi connectivity index (χ1) is 9.72. The van der Waals surface area contributed by atoms with Gasteiger partial charge in [-0.25, -0.2) is 4.99 Å². The lowest BCUT2D eigenvalue weighted by Crippen LogP contribution is -2.39. The summed E-state index contributed by atoms with van der Waals surface area (Å²) in [6.07, 6.45) is 2.37. The monoisotopic (exact) mass is 277 g/mol. The summed E-state index contributed by atoms with van der Waals surface area (Å²) in [5, 5.41) is 3.33. The smallest absolute Gasteiger partial charge is 0.193 e. The van der Waals surface area contributed by atoms with E-state index in [-0.39, 0.29) is 0 Å². The van der Waals surface area contributed by atoms with Crippen molar-refractivity contribution in [2.24, 2.45) is 4.99 Å². The van der Waals surface area contributed by atoms with Crippen molar-refractivity contribution in [3.63, 3.8) is 0 Å². The molecule has 0 saturated carbocycles. The highest BCUT2D eigenvalue weighted by atomic mass is 16.5. The fraction of sp³-hybridized carbons (Fsp3) is 0.562. The maximum atomic E-state index is 5.36. The van der Waals surface area contributed by atoms with E-state index in [1.165, 1.54) is 12.8 Å². The van der Waals surface area contributed by atoms with Crippen LogP contribution in [0, 0.1) is 0 Å². The number of hydrogen-bond donors (Lipinski definition) is 1. The Hall–Kier alpha value is -1.71. The Bertz CT molecular complexity index is 418. The Morgan fingerprint density at radius 1 is 1.30 bits per heavy atom. The van der Waals surface area contributed by atoms with Crippen molar-refractivity contribution in [3.8, 4) is 5.75 Å². The summed E-state index contributed by atoms with van der Waals surface area (Å²) in [6, 6.07) is 8.02. The number of ether oxygens (including phenoxy) is 1. The van der Waals surface area contributed by atoms with Gasteiger partial charge in [0.25, 0.3) is 0 Å². The molecule has 4 nitrogen and oxygen atoms in total. The largest absolute Gasteiger partial charge is 0.496 e. The first-order valence-corrected chi connectivity index (χ1v) is 7.34. The summed E-state index contributed by atoms with van der Waals surface area (Å²) < 4.78 is 5.36. The average molecular weight is 277 g/mol. The summed E-state index contributed by atoms with van der Waals surface area (Å²) in [5.74, 6) is 1.84. The number of nitrogens with zero attached hydrogens (tertiary/aromatic N) is 2. The number of para-hydroxylation sites is 1. The quantitative estimate of drug-likeness (QED) is 0.615. The van der Waals surface area contributed by atoms with Crippen LogP contribution in [0.4, 0.5) is 0 Å². The second-order valence-electron chi connectivity index (χ2n) is 4.76. The molecule has 0 aliphatic heterocycles. The molecule has 0 saturated heterocycles. The van der Waals surface area contributed by atoms with Gasteiger partial charge in [0.2, 0.25) is 0 Å². The predicted octanol–water partition coefficient (Wildman–Crippen LogP) is 2.89. The Kier molecular flexibility index (Phi) is 7.55. The van der Waals surface area contributed by atoms with Crippen molar-refractivity contribution in [2.45, 2.75) is 33.2 Å². The van der Waals surface area contributed by atoms with Gasteiger partial charge in [-0.2, -0.15) is 0 Å². The molecule has 0 bridgehead atoms. The zero-order valence-corrected chi connectivity index (χ0v) is 13.1. The number of benzene rings is 1. The number of unbranched alkanes of at least 4 members (excludes halogenated alkanes) is 1. The molecule has 0 aliphatic carbocycles. The molecule has 1 aromatic rings. The van der Waals surface area contributed by atoms with Crippen LogP contribution in [0.5, 0.6) is 5.75 Å². The molecule has 1 rings (SSSR count). The number of guanidine groups is 1. The van der Waals surface area contributed by atoms with E-state index in [1.54, 1.807) is 7.11 Å². The molecule has 112 valence electrons. The van der Waals surface area contributed by atoms with Crippen LogP contribution in [0.3, 0.4) is 0 Å². The summed E-state index contributed by atoms with van der Waals surface area (Å²) >= 11 is 0. The zero-order chi connectivity index (χ0) is 14.8. The van der Waals surface area contributed by atoms with Gasteiger partial charge in [-0.05, 0) is 19.4 Å². The normalized spacial score (nSPS) is 11.3. The van der Waals surface area contributed by atoms with E-state index in [4.69, 9.17) is 9.73 Å². The highest BCUT2D eigenvalue weighted by molar-refractivity contribution is 5.79. The maximum absolute atomic E-state index is 5.36. The standard InChI is InChI=1S/C16H27N3O/c1-5-7-12-19(3)16(17-6-2)18-13-14-10-8-9-11-15(14)20-4/h8-11H,5-7,12-13H2,1-4H3,(H,17,18). The van der Waals surface area contributed by atoms with Crippen molar-refractivity contribution in [1.29, 1.82) is 0 Å². The molecule has 0 radical (unpaired) electrons. The lowest BCUT2D eigenvalue weighted by atomic mass is 10.2. The predicted molar refractivity (Wildman–Crippen MR) is 85.3 cm³/mol. The van der Waals surface area contributed by atoms with Crippen molar-refractivity contribution in [3.05, 3.63) is 29.8 Å². The molecule has 0 fully saturated rings. The highest BCUT2D eigenvalue weighted by Crippen LogP contribution is 2.18. The van der Waals surface area contributed by atoms with Crippen LogP contribution in [0.25, 0.3) is 0 Å². The molecule has 0 aromatic heterocycles. The number of methoxy groups -OCH3 is 1. The lowest BCUT2D eigenvalue weighted by molar-refractivity contribution is 0.409. The van der Waals surface area contributed by atoms with Crippen LogP contribution < -0.4 is 10.1 Å². The topological polar surface area (TPSA) is 36.9 Å². The van der Waals surface area contributed by atoms with Gasteiger partial charge in [0, 0.05) is 25.7 Å². The second kappa shape index (κ2) is 9.23. The first kappa shape index (κ1) is 16.3. The van der Waals surface area contributed by atoms with E-state index < -0.39 is 0 Å². The molecule has 4 heteroatoms. The van der Waals surface area contributed by atoms with Gasteiger partial charge in [0.15, 0.2) is 5.96 Å². The zero-order valence-electron chi connectivity index (χ0n) is 13.1. The van der Waals surface area contributed by atoms with E-state index in [1.807, 2.05) is 18.2 Å². The van der Waals surface area contributed by atoms with Crippen molar-refractivity contribution >= 4 is 5.96 Å². The minimum Gasteiger partial charge on any atom is -0.496 e. The molecular formula is C16H27N3O. The lowest BCUT2D eigenvalue weighted by Gasteiger charge is -2.21. The van der Waals surface area contributed by atoms with Gasteiger partial charge in [0.05, 0.1) is 13.7 Å². The van der Waals surface area contributed by atoms with Crippen LogP contribution in [-0.2, 0) is 6.54 Å². The third-order valence-electron chi connectivity index (χ3n) is 3.14. The molecule has 1 aromatic carbocycles. The average Bonchev–Trinajstić information content (AvgIpc) is 2.49. The van der Waals surface area contributed by atoms with Crippen LogP contribution in [0.15, 0.2) is 29.3 Å². The minimum atomic E-state index is 0.628. The summed E-state index contributed by atoms with van der Waals surface area (Å²) in [4.78, 5) is 6.88. The molecule has 0 unspecified atom stereocenters. The Morgan fingerprint density at radius 3 is 2.70 bits per heavy atom. The van der Waals surface area contributed by atoms with Crippen LogP contribution in [0.2, 0.25) is 0 Å². The first-order valence-electron chi connectivity index (χ1n) is 7.34. The van der Waals surface area contributed by atoms with E-state index >= 15 is 0 Å². The fourth-order valence-corrected chi connectivity index (χ4v) is 1.96. The van der Waals surface area contributed by atoms with E-state index in [0.29, 0.717) is 6.54 Å².